The molecule has 9 heteroatoms. The van der Waals surface area contributed by atoms with E-state index in [0.717, 1.165) is 31.0 Å². The maximum Gasteiger partial charge on any atom is 0.350 e. The van der Waals surface area contributed by atoms with E-state index in [9.17, 15) is 9.59 Å². The van der Waals surface area contributed by atoms with E-state index < -0.39 is 5.97 Å². The molecular weight excluding hydrogens is 390 g/mol. The summed E-state index contributed by atoms with van der Waals surface area (Å²) in [6, 6.07) is 5.52. The van der Waals surface area contributed by atoms with Gasteiger partial charge in [-0.3, -0.25) is 14.4 Å². The molecule has 0 saturated carbocycles. The molecule has 0 aliphatic rings. The van der Waals surface area contributed by atoms with Crippen LogP contribution >= 0.6 is 11.3 Å². The van der Waals surface area contributed by atoms with Crippen LogP contribution in [0.4, 0.5) is 5.69 Å². The van der Waals surface area contributed by atoms with Crippen molar-refractivity contribution in [3.8, 4) is 0 Å². The quantitative estimate of drug-likeness (QED) is 0.596. The van der Waals surface area contributed by atoms with Gasteiger partial charge in [-0.25, -0.2) is 9.78 Å². The third-order valence-electron chi connectivity index (χ3n) is 4.74. The largest absolute Gasteiger partial charge is 0.465 e. The standard InChI is InChI=1S/C20H25N5O3S/c1-6-25(7-2)11-13-8-9-14-16(17(20(27)28-5)29-19(14)21-13)22-18(26)15-10-12(3)23-24(15)4/h8-10H,6-7,11H2,1-5H3,(H,22,26). The van der Waals surface area contributed by atoms with Crippen molar-refractivity contribution in [2.24, 2.45) is 7.05 Å². The number of hydrogen-bond acceptors (Lipinski definition) is 7. The smallest absolute Gasteiger partial charge is 0.350 e. The van der Waals surface area contributed by atoms with E-state index in [-0.39, 0.29) is 5.91 Å². The van der Waals surface area contributed by atoms with Crippen LogP contribution in [0.25, 0.3) is 10.2 Å². The topological polar surface area (TPSA) is 89.4 Å². The average Bonchev–Trinajstić information content (AvgIpc) is 3.24. The molecule has 0 bridgehead atoms. The zero-order valence-corrected chi connectivity index (χ0v) is 18.1. The number of ether oxygens (including phenoxy) is 1. The van der Waals surface area contributed by atoms with Crippen molar-refractivity contribution in [2.75, 3.05) is 25.5 Å². The van der Waals surface area contributed by atoms with Gasteiger partial charge < -0.3 is 10.1 Å². The van der Waals surface area contributed by atoms with Crippen molar-refractivity contribution in [3.05, 3.63) is 40.2 Å². The Morgan fingerprint density at radius 1 is 1.28 bits per heavy atom. The molecule has 0 aliphatic heterocycles. The van der Waals surface area contributed by atoms with Crippen molar-refractivity contribution in [1.82, 2.24) is 19.7 Å². The molecule has 3 rings (SSSR count). The highest BCUT2D eigenvalue weighted by Gasteiger charge is 2.23. The average molecular weight is 416 g/mol. The van der Waals surface area contributed by atoms with E-state index in [2.05, 4.69) is 29.2 Å². The van der Waals surface area contributed by atoms with E-state index in [1.807, 2.05) is 19.1 Å². The molecule has 0 aromatic carbocycles. The minimum absolute atomic E-state index is 0.322. The van der Waals surface area contributed by atoms with Crippen LogP contribution in [0.15, 0.2) is 18.2 Å². The van der Waals surface area contributed by atoms with Gasteiger partial charge in [-0.2, -0.15) is 5.10 Å². The number of hydrogen-bond donors (Lipinski definition) is 1. The van der Waals surface area contributed by atoms with E-state index in [4.69, 9.17) is 9.72 Å². The fourth-order valence-corrected chi connectivity index (χ4v) is 4.21. The predicted octanol–water partition coefficient (Wildman–Crippen LogP) is 3.22. The molecule has 0 fully saturated rings. The number of nitrogens with one attached hydrogen (secondary N) is 1. The fourth-order valence-electron chi connectivity index (χ4n) is 3.14. The highest BCUT2D eigenvalue weighted by molar-refractivity contribution is 7.21. The lowest BCUT2D eigenvalue weighted by atomic mass is 10.2. The third-order valence-corrected chi connectivity index (χ3v) is 5.82. The van der Waals surface area contributed by atoms with Crippen LogP contribution in [-0.2, 0) is 18.3 Å². The molecule has 0 unspecified atom stereocenters. The first kappa shape index (κ1) is 20.9. The molecule has 0 atom stereocenters. The van der Waals surface area contributed by atoms with Gasteiger partial charge in [0.05, 0.1) is 24.2 Å². The van der Waals surface area contributed by atoms with Crippen LogP contribution in [0.2, 0.25) is 0 Å². The van der Waals surface area contributed by atoms with Crippen molar-refractivity contribution >= 4 is 39.1 Å². The molecular formula is C20H25N5O3S. The lowest BCUT2D eigenvalue weighted by molar-refractivity contribution is 0.0607. The second-order valence-electron chi connectivity index (χ2n) is 6.66. The van der Waals surface area contributed by atoms with Crippen molar-refractivity contribution in [2.45, 2.75) is 27.3 Å². The van der Waals surface area contributed by atoms with Crippen LogP contribution in [-0.4, -0.2) is 51.7 Å². The summed E-state index contributed by atoms with van der Waals surface area (Å²) in [7, 11) is 3.03. The number of carbonyl (C=O) groups excluding carboxylic acids is 2. The SMILES string of the molecule is CCN(CC)Cc1ccc2c(NC(=O)c3cc(C)nn3C)c(C(=O)OC)sc2n1. The van der Waals surface area contributed by atoms with Gasteiger partial charge in [0.15, 0.2) is 0 Å². The molecule has 0 radical (unpaired) electrons. The molecule has 3 aromatic rings. The number of methoxy groups -OCH3 is 1. The van der Waals surface area contributed by atoms with Gasteiger partial charge in [0.25, 0.3) is 5.91 Å². The maximum atomic E-state index is 12.8. The Balaban J connectivity index is 2.01. The Morgan fingerprint density at radius 3 is 2.59 bits per heavy atom. The lowest BCUT2D eigenvalue weighted by Gasteiger charge is -2.17. The van der Waals surface area contributed by atoms with Crippen LogP contribution in [0.3, 0.4) is 0 Å². The first-order valence-electron chi connectivity index (χ1n) is 9.42. The number of carbonyl (C=O) groups is 2. The van der Waals surface area contributed by atoms with Crippen LogP contribution in [0.5, 0.6) is 0 Å². The number of fused-ring (bicyclic) bond motifs is 1. The number of pyridine rings is 1. The number of rotatable bonds is 7. The number of amides is 1. The van der Waals surface area contributed by atoms with Gasteiger partial charge >= 0.3 is 5.97 Å². The minimum atomic E-state index is -0.505. The van der Waals surface area contributed by atoms with Gasteiger partial charge in [-0.15, -0.1) is 11.3 Å². The third kappa shape index (κ3) is 4.30. The summed E-state index contributed by atoms with van der Waals surface area (Å²) in [5.41, 5.74) is 2.48. The van der Waals surface area contributed by atoms with Crippen LogP contribution in [0, 0.1) is 6.92 Å². The second-order valence-corrected chi connectivity index (χ2v) is 7.66. The highest BCUT2D eigenvalue weighted by Crippen LogP contribution is 2.36. The summed E-state index contributed by atoms with van der Waals surface area (Å²) in [6.45, 7) is 8.62. The Hall–Kier alpha value is -2.78. The molecule has 154 valence electrons. The van der Waals surface area contributed by atoms with E-state index >= 15 is 0 Å². The summed E-state index contributed by atoms with van der Waals surface area (Å²) in [6.07, 6.45) is 0. The zero-order chi connectivity index (χ0) is 21.1. The molecule has 0 aliphatic carbocycles. The lowest BCUT2D eigenvalue weighted by Crippen LogP contribution is -2.22. The Kier molecular flexibility index (Phi) is 6.29. The first-order chi connectivity index (χ1) is 13.9. The number of anilines is 1. The summed E-state index contributed by atoms with van der Waals surface area (Å²) in [5, 5.41) is 7.78. The monoisotopic (exact) mass is 415 g/mol. The Morgan fingerprint density at radius 2 is 2.00 bits per heavy atom. The predicted molar refractivity (Wildman–Crippen MR) is 113 cm³/mol. The van der Waals surface area contributed by atoms with Gasteiger partial charge in [0.1, 0.15) is 15.4 Å². The van der Waals surface area contributed by atoms with E-state index in [1.54, 1.807) is 13.1 Å². The normalized spacial score (nSPS) is 11.2. The molecule has 0 spiro atoms. The molecule has 0 saturated heterocycles. The van der Waals surface area contributed by atoms with E-state index in [1.165, 1.54) is 23.1 Å². The number of nitrogens with zero attached hydrogens (tertiary/aromatic N) is 4. The second kappa shape index (κ2) is 8.71. The van der Waals surface area contributed by atoms with Gasteiger partial charge in [-0.1, -0.05) is 13.8 Å². The molecule has 1 amide bonds. The first-order valence-corrected chi connectivity index (χ1v) is 10.2. The molecule has 29 heavy (non-hydrogen) atoms. The number of thiophene rings is 1. The minimum Gasteiger partial charge on any atom is -0.465 e. The van der Waals surface area contributed by atoms with Crippen molar-refractivity contribution < 1.29 is 14.3 Å². The van der Waals surface area contributed by atoms with Gasteiger partial charge in [0.2, 0.25) is 0 Å². The Labute approximate surface area is 173 Å². The van der Waals surface area contributed by atoms with Crippen LogP contribution < -0.4 is 5.32 Å². The molecule has 3 heterocycles. The Bertz CT molecular complexity index is 1050. The maximum absolute atomic E-state index is 12.8. The number of aromatic nitrogens is 3. The summed E-state index contributed by atoms with van der Waals surface area (Å²) in [4.78, 5) is 33.1. The van der Waals surface area contributed by atoms with Crippen molar-refractivity contribution in [1.29, 1.82) is 0 Å². The van der Waals surface area contributed by atoms with Crippen molar-refractivity contribution in [3.63, 3.8) is 0 Å². The van der Waals surface area contributed by atoms with E-state index in [0.29, 0.717) is 26.5 Å². The summed E-state index contributed by atoms with van der Waals surface area (Å²) in [5.74, 6) is -0.847. The molecule has 8 nitrogen and oxygen atoms in total. The number of esters is 1. The fraction of sp³-hybridized carbons (Fsp3) is 0.400. The number of aryl methyl sites for hydroxylation is 2. The summed E-state index contributed by atoms with van der Waals surface area (Å²) < 4.78 is 6.43. The zero-order valence-electron chi connectivity index (χ0n) is 17.3. The van der Waals surface area contributed by atoms with Crippen LogP contribution in [0.1, 0.15) is 45.4 Å². The summed E-state index contributed by atoms with van der Waals surface area (Å²) >= 11 is 1.22. The van der Waals surface area contributed by atoms with Gasteiger partial charge in [-0.05, 0) is 38.2 Å². The van der Waals surface area contributed by atoms with Gasteiger partial charge in [0, 0.05) is 19.0 Å². The highest BCUT2D eigenvalue weighted by atomic mass is 32.1. The molecule has 1 N–H and O–H groups in total. The molecule has 3 aromatic heterocycles.